The maximum absolute atomic E-state index is 13.4. The molecule has 7 nitrogen and oxygen atoms in total. The van der Waals surface area contributed by atoms with E-state index in [1.165, 1.54) is 12.1 Å². The van der Waals surface area contributed by atoms with Crippen LogP contribution in [0.15, 0.2) is 67.3 Å². The number of carbonyl (C=O) groups is 2. The maximum Gasteiger partial charge on any atom is 0.416 e. The number of benzene rings is 2. The van der Waals surface area contributed by atoms with Crippen molar-refractivity contribution in [2.75, 3.05) is 32.7 Å². The summed E-state index contributed by atoms with van der Waals surface area (Å²) in [6, 6.07) is 13.7. The molecule has 1 saturated carbocycles. The number of nitrogens with zero attached hydrogens (tertiary/aromatic N) is 3. The molecule has 2 aromatic rings. The normalized spacial score (nSPS) is 23.8. The highest BCUT2D eigenvalue weighted by Gasteiger charge is 2.51. The van der Waals surface area contributed by atoms with Crippen molar-refractivity contribution in [3.63, 3.8) is 0 Å². The highest BCUT2D eigenvalue weighted by atomic mass is 19.4. The van der Waals surface area contributed by atoms with Gasteiger partial charge in [0.25, 0.3) is 0 Å². The van der Waals surface area contributed by atoms with Crippen LogP contribution in [0.25, 0.3) is 0 Å². The summed E-state index contributed by atoms with van der Waals surface area (Å²) in [5.74, 6) is 0.184. The number of carbonyl (C=O) groups excluding carboxylic acids is 2. The van der Waals surface area contributed by atoms with Gasteiger partial charge in [0.05, 0.1) is 18.2 Å². The number of likely N-dealkylation sites (tertiary alicyclic amines) is 2. The SMILES string of the molecule is C=CCN(C(=O)NCc1ccc(C(F)(F)F)cc1)C1CCN([C@H]2CN(C(=O)C3CCCC3)C[C@]2(O)c2ccccc2)CC1. The molecule has 43 heavy (non-hydrogen) atoms. The molecule has 3 amide bonds. The highest BCUT2D eigenvalue weighted by Crippen LogP contribution is 2.39. The first-order valence-corrected chi connectivity index (χ1v) is 15.2. The lowest BCUT2D eigenvalue weighted by atomic mass is 9.86. The topological polar surface area (TPSA) is 76.1 Å². The van der Waals surface area contributed by atoms with Crippen LogP contribution in [0, 0.1) is 5.92 Å². The van der Waals surface area contributed by atoms with Gasteiger partial charge in [-0.15, -0.1) is 6.58 Å². The second-order valence-corrected chi connectivity index (χ2v) is 12.1. The number of amides is 3. The number of rotatable bonds is 8. The fourth-order valence-electron chi connectivity index (χ4n) is 6.98. The van der Waals surface area contributed by atoms with Gasteiger partial charge in [-0.1, -0.05) is 61.4 Å². The quantitative estimate of drug-likeness (QED) is 0.412. The molecule has 232 valence electrons. The number of piperidine rings is 1. The summed E-state index contributed by atoms with van der Waals surface area (Å²) >= 11 is 0. The number of alkyl halides is 3. The molecule has 0 unspecified atom stereocenters. The Balaban J connectivity index is 1.23. The predicted molar refractivity (Wildman–Crippen MR) is 158 cm³/mol. The number of urea groups is 1. The third kappa shape index (κ3) is 6.91. The van der Waals surface area contributed by atoms with E-state index in [1.807, 2.05) is 35.2 Å². The molecule has 0 aromatic heterocycles. The van der Waals surface area contributed by atoms with E-state index in [1.54, 1.807) is 11.0 Å². The first-order chi connectivity index (χ1) is 20.6. The Bertz CT molecular complexity index is 1260. The Labute approximate surface area is 251 Å². The molecule has 2 atom stereocenters. The van der Waals surface area contributed by atoms with Gasteiger partial charge in [-0.05, 0) is 48.9 Å². The number of β-amino-alcohol motifs (C(OH)–C–C–N with tert-alkyl or cyclic N) is 1. The van der Waals surface area contributed by atoms with Crippen molar-refractivity contribution in [3.8, 4) is 0 Å². The van der Waals surface area contributed by atoms with Crippen LogP contribution in [-0.2, 0) is 23.1 Å². The summed E-state index contributed by atoms with van der Waals surface area (Å²) in [6.07, 6.45) is 2.59. The minimum Gasteiger partial charge on any atom is -0.382 e. The molecule has 2 heterocycles. The molecule has 10 heteroatoms. The summed E-state index contributed by atoms with van der Waals surface area (Å²) in [4.78, 5) is 32.4. The van der Waals surface area contributed by atoms with Crippen LogP contribution in [0.3, 0.4) is 0 Å². The number of aliphatic hydroxyl groups is 1. The van der Waals surface area contributed by atoms with Gasteiger partial charge >= 0.3 is 12.2 Å². The molecule has 3 fully saturated rings. The summed E-state index contributed by atoms with van der Waals surface area (Å²) in [5.41, 5.74) is -0.537. The van der Waals surface area contributed by atoms with Gasteiger partial charge in [-0.3, -0.25) is 9.69 Å². The van der Waals surface area contributed by atoms with Crippen molar-refractivity contribution in [1.29, 1.82) is 0 Å². The van der Waals surface area contributed by atoms with Crippen LogP contribution >= 0.6 is 0 Å². The Morgan fingerprint density at radius 1 is 1.02 bits per heavy atom. The van der Waals surface area contributed by atoms with E-state index >= 15 is 0 Å². The Morgan fingerprint density at radius 2 is 1.67 bits per heavy atom. The van der Waals surface area contributed by atoms with E-state index in [2.05, 4.69) is 16.8 Å². The highest BCUT2D eigenvalue weighted by molar-refractivity contribution is 5.79. The van der Waals surface area contributed by atoms with E-state index in [4.69, 9.17) is 0 Å². The fraction of sp³-hybridized carbons (Fsp3) is 0.515. The van der Waals surface area contributed by atoms with Gasteiger partial charge < -0.3 is 20.2 Å². The molecular weight excluding hydrogens is 557 g/mol. The zero-order valence-electron chi connectivity index (χ0n) is 24.4. The molecule has 2 N–H and O–H groups in total. The number of nitrogens with one attached hydrogen (secondary N) is 1. The second kappa shape index (κ2) is 13.1. The van der Waals surface area contributed by atoms with Gasteiger partial charge in [-0.2, -0.15) is 13.2 Å². The predicted octanol–water partition coefficient (Wildman–Crippen LogP) is 5.16. The van der Waals surface area contributed by atoms with Crippen molar-refractivity contribution in [3.05, 3.63) is 83.9 Å². The summed E-state index contributed by atoms with van der Waals surface area (Å²) in [5, 5.41) is 15.0. The zero-order chi connectivity index (χ0) is 30.6. The monoisotopic (exact) mass is 598 g/mol. The smallest absolute Gasteiger partial charge is 0.382 e. The van der Waals surface area contributed by atoms with Gasteiger partial charge in [0.1, 0.15) is 5.60 Å². The maximum atomic E-state index is 13.4. The Morgan fingerprint density at radius 3 is 2.28 bits per heavy atom. The Kier molecular flexibility index (Phi) is 9.46. The van der Waals surface area contributed by atoms with Crippen LogP contribution < -0.4 is 5.32 Å². The molecule has 2 saturated heterocycles. The van der Waals surface area contributed by atoms with Crippen molar-refractivity contribution in [2.45, 2.75) is 68.9 Å². The summed E-state index contributed by atoms with van der Waals surface area (Å²) in [6.45, 7) is 6.29. The van der Waals surface area contributed by atoms with Gasteiger partial charge in [0.2, 0.25) is 5.91 Å². The molecule has 0 spiro atoms. The van der Waals surface area contributed by atoms with Crippen LogP contribution in [0.2, 0.25) is 0 Å². The molecule has 0 radical (unpaired) electrons. The zero-order valence-corrected chi connectivity index (χ0v) is 24.4. The lowest BCUT2D eigenvalue weighted by Gasteiger charge is -2.43. The van der Waals surface area contributed by atoms with Gasteiger partial charge in [-0.25, -0.2) is 4.79 Å². The average Bonchev–Trinajstić information content (AvgIpc) is 3.68. The first-order valence-electron chi connectivity index (χ1n) is 15.2. The van der Waals surface area contributed by atoms with E-state index in [0.717, 1.165) is 43.4 Å². The number of halogens is 3. The third-order valence-electron chi connectivity index (χ3n) is 9.36. The molecular formula is C33H41F3N4O3. The average molecular weight is 599 g/mol. The molecule has 2 aromatic carbocycles. The van der Waals surface area contributed by atoms with Crippen molar-refractivity contribution in [2.24, 2.45) is 5.92 Å². The van der Waals surface area contributed by atoms with Crippen LogP contribution in [-0.4, -0.2) is 76.6 Å². The first kappa shape index (κ1) is 31.1. The van der Waals surface area contributed by atoms with Crippen LogP contribution in [0.4, 0.5) is 18.0 Å². The van der Waals surface area contributed by atoms with Crippen LogP contribution in [0.1, 0.15) is 55.2 Å². The lowest BCUT2D eigenvalue weighted by Crippen LogP contribution is -2.56. The fourth-order valence-corrected chi connectivity index (χ4v) is 6.98. The summed E-state index contributed by atoms with van der Waals surface area (Å²) < 4.78 is 38.6. The molecule has 3 aliphatic rings. The molecule has 2 aliphatic heterocycles. The molecule has 1 aliphatic carbocycles. The Hall–Kier alpha value is -3.37. The lowest BCUT2D eigenvalue weighted by molar-refractivity contribution is -0.137. The third-order valence-corrected chi connectivity index (χ3v) is 9.36. The summed E-state index contributed by atoms with van der Waals surface area (Å²) in [7, 11) is 0. The van der Waals surface area contributed by atoms with E-state index < -0.39 is 17.3 Å². The second-order valence-electron chi connectivity index (χ2n) is 12.1. The minimum absolute atomic E-state index is 0.0399. The number of hydrogen-bond acceptors (Lipinski definition) is 4. The van der Waals surface area contributed by atoms with E-state index in [-0.39, 0.29) is 43.0 Å². The van der Waals surface area contributed by atoms with Crippen LogP contribution in [0.5, 0.6) is 0 Å². The molecule has 5 rings (SSSR count). The van der Waals surface area contributed by atoms with Gasteiger partial charge in [0.15, 0.2) is 0 Å². The van der Waals surface area contributed by atoms with Gasteiger partial charge in [0, 0.05) is 44.7 Å². The van der Waals surface area contributed by atoms with Crippen molar-refractivity contribution >= 4 is 11.9 Å². The van der Waals surface area contributed by atoms with Crippen molar-refractivity contribution < 1.29 is 27.9 Å². The van der Waals surface area contributed by atoms with E-state index in [9.17, 15) is 27.9 Å². The minimum atomic E-state index is -4.41. The standard InChI is InChI=1S/C33H41F3N4O3/c1-2-18-40(31(42)37-21-24-12-14-27(15-13-24)33(34,35)36)28-16-19-38(20-17-28)29-22-39(30(41)25-8-6-7-9-25)23-32(29,43)26-10-4-3-5-11-26/h2-5,10-15,25,28-29,43H,1,6-9,16-23H2,(H,37,42)/t29-,32-/m0/s1. The van der Waals surface area contributed by atoms with E-state index in [0.29, 0.717) is 44.6 Å². The molecule has 0 bridgehead atoms. The van der Waals surface area contributed by atoms with Crippen molar-refractivity contribution in [1.82, 2.24) is 20.0 Å². The largest absolute Gasteiger partial charge is 0.416 e. The number of hydrogen-bond donors (Lipinski definition) is 2.